The number of hydrogen-bond donors (Lipinski definition) is 0. The van der Waals surface area contributed by atoms with Gasteiger partial charge in [0.1, 0.15) is 5.82 Å². The zero-order valence-electron chi connectivity index (χ0n) is 10.6. The van der Waals surface area contributed by atoms with Crippen molar-refractivity contribution in [2.75, 3.05) is 0 Å². The second-order valence-corrected chi connectivity index (χ2v) is 6.89. The van der Waals surface area contributed by atoms with Crippen molar-refractivity contribution >= 4 is 27.5 Å². The van der Waals surface area contributed by atoms with Crippen LogP contribution >= 0.6 is 27.5 Å². The summed E-state index contributed by atoms with van der Waals surface area (Å²) in [5.74, 6) is 1.20. The topological polar surface area (TPSA) is 0 Å². The molecule has 100 valence electrons. The van der Waals surface area contributed by atoms with Gasteiger partial charge in [-0.15, -0.1) is 0 Å². The van der Waals surface area contributed by atoms with E-state index in [9.17, 15) is 4.39 Å². The highest BCUT2D eigenvalue weighted by molar-refractivity contribution is 9.09. The highest BCUT2D eigenvalue weighted by Gasteiger charge is 2.28. The van der Waals surface area contributed by atoms with Crippen molar-refractivity contribution in [2.45, 2.75) is 43.9 Å². The highest BCUT2D eigenvalue weighted by Crippen LogP contribution is 2.38. The fraction of sp³-hybridized carbons (Fsp3) is 0.600. The molecule has 1 aromatic carbocycles. The van der Waals surface area contributed by atoms with Crippen LogP contribution in [0.3, 0.4) is 0 Å². The summed E-state index contributed by atoms with van der Waals surface area (Å²) in [5, 5.41) is 0.563. The normalized spacial score (nSPS) is 28.3. The molecule has 1 saturated carbocycles. The largest absolute Gasteiger partial charge is 0.207 e. The van der Waals surface area contributed by atoms with Crippen molar-refractivity contribution in [2.24, 2.45) is 11.8 Å². The minimum Gasteiger partial charge on any atom is -0.207 e. The maximum atomic E-state index is 13.0. The molecule has 0 bridgehead atoms. The van der Waals surface area contributed by atoms with Gasteiger partial charge >= 0.3 is 0 Å². The summed E-state index contributed by atoms with van der Waals surface area (Å²) in [4.78, 5) is 0.571. The Balaban J connectivity index is 2.07. The van der Waals surface area contributed by atoms with E-state index in [0.717, 1.165) is 17.9 Å². The number of benzene rings is 1. The van der Waals surface area contributed by atoms with Crippen LogP contribution in [0.5, 0.6) is 0 Å². The van der Waals surface area contributed by atoms with Crippen LogP contribution in [0.2, 0.25) is 5.02 Å². The van der Waals surface area contributed by atoms with E-state index in [1.165, 1.54) is 37.8 Å². The summed E-state index contributed by atoms with van der Waals surface area (Å²) >= 11 is 9.90. The first kappa shape index (κ1) is 14.3. The maximum Gasteiger partial charge on any atom is 0.124 e. The van der Waals surface area contributed by atoms with E-state index < -0.39 is 0 Å². The number of alkyl halides is 1. The highest BCUT2D eigenvalue weighted by atomic mass is 79.9. The van der Waals surface area contributed by atoms with E-state index in [4.69, 9.17) is 11.6 Å². The molecule has 1 aliphatic rings. The third-order valence-electron chi connectivity index (χ3n) is 4.07. The third-order valence-corrected chi connectivity index (χ3v) is 5.63. The first-order valence-electron chi connectivity index (χ1n) is 6.68. The predicted molar refractivity (Wildman–Crippen MR) is 79.0 cm³/mol. The molecular formula is C15H19BrClF. The van der Waals surface area contributed by atoms with Crippen molar-refractivity contribution in [3.8, 4) is 0 Å². The van der Waals surface area contributed by atoms with Crippen LogP contribution in [-0.4, -0.2) is 4.83 Å². The molecule has 0 radical (unpaired) electrons. The van der Waals surface area contributed by atoms with E-state index in [1.54, 1.807) is 0 Å². The van der Waals surface area contributed by atoms with Gasteiger partial charge in [-0.25, -0.2) is 4.39 Å². The van der Waals surface area contributed by atoms with Gasteiger partial charge in [-0.1, -0.05) is 46.9 Å². The van der Waals surface area contributed by atoms with Gasteiger partial charge in [0, 0.05) is 9.85 Å². The van der Waals surface area contributed by atoms with Crippen LogP contribution < -0.4 is 0 Å². The first-order chi connectivity index (χ1) is 8.60. The van der Waals surface area contributed by atoms with Crippen LogP contribution in [-0.2, 0) is 6.42 Å². The summed E-state index contributed by atoms with van der Waals surface area (Å²) in [6.45, 7) is 2.27. The van der Waals surface area contributed by atoms with Gasteiger partial charge < -0.3 is 0 Å². The molecule has 0 spiro atoms. The average molecular weight is 334 g/mol. The number of rotatable bonds is 3. The summed E-state index contributed by atoms with van der Waals surface area (Å²) < 4.78 is 13.0. The molecule has 0 nitrogen and oxygen atoms in total. The fourth-order valence-electron chi connectivity index (χ4n) is 2.88. The van der Waals surface area contributed by atoms with E-state index in [0.29, 0.717) is 15.8 Å². The lowest BCUT2D eigenvalue weighted by Crippen LogP contribution is -2.26. The van der Waals surface area contributed by atoms with Gasteiger partial charge in [0.2, 0.25) is 0 Å². The molecule has 3 unspecified atom stereocenters. The molecule has 0 N–H and O–H groups in total. The summed E-state index contributed by atoms with van der Waals surface area (Å²) in [5.41, 5.74) is 1.07. The third kappa shape index (κ3) is 3.48. The summed E-state index contributed by atoms with van der Waals surface area (Å²) in [6, 6.07) is 4.75. The molecule has 0 heterocycles. The molecule has 0 aliphatic heterocycles. The van der Waals surface area contributed by atoms with Crippen molar-refractivity contribution in [1.29, 1.82) is 0 Å². The molecular weight excluding hydrogens is 315 g/mol. The van der Waals surface area contributed by atoms with Gasteiger partial charge in [-0.05, 0) is 55.2 Å². The van der Waals surface area contributed by atoms with Gasteiger partial charge in [0.15, 0.2) is 0 Å². The second-order valence-electron chi connectivity index (χ2n) is 5.30. The van der Waals surface area contributed by atoms with Crippen molar-refractivity contribution in [3.05, 3.63) is 34.6 Å². The van der Waals surface area contributed by atoms with Gasteiger partial charge in [-0.2, -0.15) is 0 Å². The minimum atomic E-state index is -0.255. The SMILES string of the molecule is CCC1CCC(Br)C(Cc2ccc(F)cc2Cl)C1. The van der Waals surface area contributed by atoms with Crippen molar-refractivity contribution in [1.82, 2.24) is 0 Å². The summed E-state index contributed by atoms with van der Waals surface area (Å²) in [6.07, 6.45) is 6.01. The first-order valence-corrected chi connectivity index (χ1v) is 7.97. The van der Waals surface area contributed by atoms with Crippen molar-refractivity contribution in [3.63, 3.8) is 0 Å². The Morgan fingerprint density at radius 2 is 2.17 bits per heavy atom. The summed E-state index contributed by atoms with van der Waals surface area (Å²) in [7, 11) is 0. The Labute approximate surface area is 122 Å². The molecule has 3 heteroatoms. The van der Waals surface area contributed by atoms with Crippen molar-refractivity contribution < 1.29 is 4.39 Å². The van der Waals surface area contributed by atoms with E-state index in [2.05, 4.69) is 22.9 Å². The molecule has 3 atom stereocenters. The van der Waals surface area contributed by atoms with Gasteiger partial charge in [0.05, 0.1) is 0 Å². The number of hydrogen-bond acceptors (Lipinski definition) is 0. The van der Waals surface area contributed by atoms with Crippen LogP contribution in [0.4, 0.5) is 4.39 Å². The Bertz CT molecular complexity index is 407. The van der Waals surface area contributed by atoms with Crippen LogP contribution in [0.25, 0.3) is 0 Å². The zero-order valence-corrected chi connectivity index (χ0v) is 13.0. The molecule has 0 amide bonds. The van der Waals surface area contributed by atoms with Gasteiger partial charge in [0.25, 0.3) is 0 Å². The molecule has 2 rings (SSSR count). The molecule has 18 heavy (non-hydrogen) atoms. The maximum absolute atomic E-state index is 13.0. The molecule has 1 fully saturated rings. The molecule has 0 saturated heterocycles. The smallest absolute Gasteiger partial charge is 0.124 e. The van der Waals surface area contributed by atoms with Crippen LogP contribution in [0, 0.1) is 17.7 Å². The minimum absolute atomic E-state index is 0.255. The zero-order chi connectivity index (χ0) is 13.1. The van der Waals surface area contributed by atoms with Gasteiger partial charge in [-0.3, -0.25) is 0 Å². The molecule has 1 aliphatic carbocycles. The molecule has 0 aromatic heterocycles. The Morgan fingerprint density at radius 3 is 2.83 bits per heavy atom. The lowest BCUT2D eigenvalue weighted by atomic mass is 9.77. The average Bonchev–Trinajstić information content (AvgIpc) is 2.35. The fourth-order valence-corrected chi connectivity index (χ4v) is 3.79. The molecule has 1 aromatic rings. The number of halogens is 3. The van der Waals surface area contributed by atoms with E-state index in [1.807, 2.05) is 6.07 Å². The van der Waals surface area contributed by atoms with Crippen LogP contribution in [0.1, 0.15) is 38.2 Å². The Kier molecular flexibility index (Phi) is 5.08. The lowest BCUT2D eigenvalue weighted by Gasteiger charge is -2.33. The van der Waals surface area contributed by atoms with E-state index >= 15 is 0 Å². The monoisotopic (exact) mass is 332 g/mol. The Morgan fingerprint density at radius 1 is 1.39 bits per heavy atom. The predicted octanol–water partition coefficient (Wildman–Crippen LogP) is 5.61. The Hall–Kier alpha value is -0.0800. The quantitative estimate of drug-likeness (QED) is 0.631. The van der Waals surface area contributed by atoms with Crippen LogP contribution in [0.15, 0.2) is 18.2 Å². The lowest BCUT2D eigenvalue weighted by molar-refractivity contribution is 0.271. The standard InChI is InChI=1S/C15H19BrClF/c1-2-10-3-6-14(16)12(7-10)8-11-4-5-13(18)9-15(11)17/h4-5,9-10,12,14H,2-3,6-8H2,1H3. The second kappa shape index (κ2) is 6.38. The van der Waals surface area contributed by atoms with E-state index in [-0.39, 0.29) is 5.82 Å².